The summed E-state index contributed by atoms with van der Waals surface area (Å²) in [5.74, 6) is 0. The molecule has 3 heteroatoms. The average Bonchev–Trinajstić information content (AvgIpc) is 2.66. The number of carbonyl (C=O) groups excluding carboxylic acids is 1. The second kappa shape index (κ2) is 18.9. The summed E-state index contributed by atoms with van der Waals surface area (Å²) >= 11 is 0. The van der Waals surface area contributed by atoms with Gasteiger partial charge in [0.05, 0.1) is 0 Å². The predicted octanol–water partition coefficient (Wildman–Crippen LogP) is 7.33. The van der Waals surface area contributed by atoms with Gasteiger partial charge in [0, 0.05) is 17.0 Å². The Morgan fingerprint density at radius 3 is 2.07 bits per heavy atom. The molecule has 1 aromatic carbocycles. The second-order valence-electron chi connectivity index (χ2n) is 7.03. The number of benzene rings is 1. The van der Waals surface area contributed by atoms with Gasteiger partial charge in [-0.25, -0.2) is 0 Å². The maximum absolute atomic E-state index is 11.5. The first-order valence-electron chi connectivity index (χ1n) is 10.6. The molecule has 0 unspecified atom stereocenters. The predicted molar refractivity (Wildman–Crippen MR) is 130 cm³/mol. The molecule has 0 radical (unpaired) electrons. The Labute approximate surface area is 177 Å². The average molecular weight is 400 g/mol. The summed E-state index contributed by atoms with van der Waals surface area (Å²) in [4.78, 5) is 23.2. The summed E-state index contributed by atoms with van der Waals surface area (Å²) in [5.41, 5.74) is 4.60. The Morgan fingerprint density at radius 1 is 1.07 bits per heavy atom. The highest BCUT2D eigenvalue weighted by molar-refractivity contribution is 5.82. The number of unbranched alkanes of at least 4 members (excludes halogenated alkanes) is 2. The lowest BCUT2D eigenvalue weighted by Crippen LogP contribution is -2.06. The highest BCUT2D eigenvalue weighted by Gasteiger charge is 2.03. The van der Waals surface area contributed by atoms with E-state index in [-0.39, 0.29) is 5.56 Å². The molecule has 2 rings (SSSR count). The fourth-order valence-electron chi connectivity index (χ4n) is 2.26. The van der Waals surface area contributed by atoms with Crippen LogP contribution in [0.5, 0.6) is 0 Å². The van der Waals surface area contributed by atoms with Gasteiger partial charge in [0.15, 0.2) is 0 Å². The van der Waals surface area contributed by atoms with E-state index >= 15 is 0 Å². The first kappa shape index (κ1) is 28.8. The molecule has 162 valence electrons. The van der Waals surface area contributed by atoms with Gasteiger partial charge in [-0.05, 0) is 57.7 Å². The van der Waals surface area contributed by atoms with Gasteiger partial charge in [-0.15, -0.1) is 0 Å². The summed E-state index contributed by atoms with van der Waals surface area (Å²) in [6, 6.07) is 7.96. The van der Waals surface area contributed by atoms with Gasteiger partial charge in [-0.3, -0.25) is 4.79 Å². The van der Waals surface area contributed by atoms with Crippen molar-refractivity contribution in [3.05, 3.63) is 70.1 Å². The number of fused-ring (bicyclic) bond motifs is 1. The van der Waals surface area contributed by atoms with Gasteiger partial charge in [0.25, 0.3) is 0 Å². The van der Waals surface area contributed by atoms with Crippen LogP contribution in [0.3, 0.4) is 0 Å². The number of pyridine rings is 1. The molecule has 3 nitrogen and oxygen atoms in total. The van der Waals surface area contributed by atoms with Crippen molar-refractivity contribution in [1.29, 1.82) is 0 Å². The third-order valence-electron chi connectivity index (χ3n) is 3.84. The van der Waals surface area contributed by atoms with Crippen LogP contribution in [-0.4, -0.2) is 11.3 Å². The number of rotatable bonds is 5. The van der Waals surface area contributed by atoms with Crippen LogP contribution in [0.4, 0.5) is 0 Å². The zero-order chi connectivity index (χ0) is 22.7. The van der Waals surface area contributed by atoms with E-state index < -0.39 is 0 Å². The number of allylic oxidation sites excluding steroid dienone is 3. The highest BCUT2D eigenvalue weighted by atomic mass is 16.1. The monoisotopic (exact) mass is 399 g/mol. The summed E-state index contributed by atoms with van der Waals surface area (Å²) in [7, 11) is 0. The molecule has 0 saturated carbocycles. The standard InChI is InChI=1S/C14H17NO.C6H10.C4H10.C2H4O/c1-3-4-5-11-9-14(16)15-13-8-10(2)6-7-12(11)13;1-4-5-6(2)3;1-3-4-2;1-2-3/h6-9H,3-5H2,1-2H3,(H,15,16);4-5H,1H2,2-3H3;3-4H2,1-2H3;2H,1H3. The van der Waals surface area contributed by atoms with E-state index in [1.165, 1.54) is 41.9 Å². The number of aromatic amines is 1. The van der Waals surface area contributed by atoms with E-state index in [2.05, 4.69) is 44.5 Å². The zero-order valence-electron chi connectivity index (χ0n) is 19.6. The van der Waals surface area contributed by atoms with Gasteiger partial charge in [0.2, 0.25) is 5.56 Å². The zero-order valence-corrected chi connectivity index (χ0v) is 19.6. The lowest BCUT2D eigenvalue weighted by atomic mass is 10.0. The first-order chi connectivity index (χ1) is 13.8. The molecular formula is C26H41NO2. The Balaban J connectivity index is 0. The van der Waals surface area contributed by atoms with E-state index in [1.807, 2.05) is 32.9 Å². The number of nitrogens with one attached hydrogen (secondary N) is 1. The Kier molecular flexibility index (Phi) is 18.8. The molecule has 0 aliphatic carbocycles. The molecule has 0 spiro atoms. The molecule has 0 aliphatic heterocycles. The topological polar surface area (TPSA) is 49.9 Å². The number of aromatic nitrogens is 1. The number of hydrogen-bond acceptors (Lipinski definition) is 2. The number of H-pyrrole nitrogens is 1. The van der Waals surface area contributed by atoms with E-state index in [4.69, 9.17) is 4.79 Å². The summed E-state index contributed by atoms with van der Waals surface area (Å²) < 4.78 is 0. The van der Waals surface area contributed by atoms with E-state index in [0.717, 1.165) is 31.1 Å². The molecule has 1 heterocycles. The molecule has 1 N–H and O–H groups in total. The molecule has 1 aromatic heterocycles. The van der Waals surface area contributed by atoms with Crippen LogP contribution >= 0.6 is 0 Å². The number of aryl methyl sites for hydroxylation is 2. The van der Waals surface area contributed by atoms with Gasteiger partial charge in [-0.2, -0.15) is 0 Å². The van der Waals surface area contributed by atoms with Crippen LogP contribution in [0.15, 0.2) is 53.4 Å². The van der Waals surface area contributed by atoms with E-state index in [9.17, 15) is 4.79 Å². The summed E-state index contributed by atoms with van der Waals surface area (Å²) in [6.45, 7) is 17.6. The van der Waals surface area contributed by atoms with Gasteiger partial charge in [0.1, 0.15) is 6.29 Å². The molecular weight excluding hydrogens is 358 g/mol. The molecule has 29 heavy (non-hydrogen) atoms. The van der Waals surface area contributed by atoms with Crippen molar-refractivity contribution in [3.63, 3.8) is 0 Å². The summed E-state index contributed by atoms with van der Waals surface area (Å²) in [5, 5.41) is 1.18. The minimum Gasteiger partial charge on any atom is -0.322 e. The molecule has 0 amide bonds. The Morgan fingerprint density at radius 2 is 1.66 bits per heavy atom. The third-order valence-corrected chi connectivity index (χ3v) is 3.84. The van der Waals surface area contributed by atoms with Crippen LogP contribution in [-0.2, 0) is 11.2 Å². The lowest BCUT2D eigenvalue weighted by Gasteiger charge is -2.06. The number of aldehydes is 1. The highest BCUT2D eigenvalue weighted by Crippen LogP contribution is 2.18. The van der Waals surface area contributed by atoms with Crippen LogP contribution in [0.2, 0.25) is 0 Å². The number of carbonyl (C=O) groups is 1. The minimum absolute atomic E-state index is 0.00389. The van der Waals surface area contributed by atoms with Crippen molar-refractivity contribution in [2.75, 3.05) is 0 Å². The Hall–Kier alpha value is -2.42. The van der Waals surface area contributed by atoms with Crippen LogP contribution < -0.4 is 5.56 Å². The quantitative estimate of drug-likeness (QED) is 0.422. The van der Waals surface area contributed by atoms with Gasteiger partial charge < -0.3 is 9.78 Å². The fourth-order valence-corrected chi connectivity index (χ4v) is 2.26. The molecule has 0 aliphatic rings. The smallest absolute Gasteiger partial charge is 0.248 e. The first-order valence-corrected chi connectivity index (χ1v) is 10.6. The van der Waals surface area contributed by atoms with Crippen molar-refractivity contribution in [3.8, 4) is 0 Å². The van der Waals surface area contributed by atoms with E-state index in [0.29, 0.717) is 0 Å². The van der Waals surface area contributed by atoms with Gasteiger partial charge in [-0.1, -0.05) is 76.5 Å². The maximum atomic E-state index is 11.5. The molecule has 0 saturated heterocycles. The van der Waals surface area contributed by atoms with Crippen molar-refractivity contribution >= 4 is 17.2 Å². The van der Waals surface area contributed by atoms with Crippen LogP contribution in [0.1, 0.15) is 78.4 Å². The van der Waals surface area contributed by atoms with Crippen molar-refractivity contribution < 1.29 is 4.79 Å². The lowest BCUT2D eigenvalue weighted by molar-refractivity contribution is -0.106. The van der Waals surface area contributed by atoms with Crippen LogP contribution in [0, 0.1) is 6.92 Å². The fraction of sp³-hybridized carbons (Fsp3) is 0.462. The second-order valence-corrected chi connectivity index (χ2v) is 7.03. The molecule has 2 aromatic rings. The van der Waals surface area contributed by atoms with Crippen LogP contribution in [0.25, 0.3) is 10.9 Å². The Bertz CT molecular complexity index is 779. The normalized spacial score (nSPS) is 8.93. The SMILES string of the molecule is C=CC=C(C)C.CC=O.CCCC.CCCCc1cc(=O)[nH]c2cc(C)ccc12. The van der Waals surface area contributed by atoms with Gasteiger partial charge >= 0.3 is 0 Å². The van der Waals surface area contributed by atoms with E-state index in [1.54, 1.807) is 12.1 Å². The molecule has 0 atom stereocenters. The van der Waals surface area contributed by atoms with Crippen molar-refractivity contribution in [2.45, 2.75) is 80.6 Å². The van der Waals surface area contributed by atoms with Crippen molar-refractivity contribution in [2.24, 2.45) is 0 Å². The minimum atomic E-state index is 0.00389. The maximum Gasteiger partial charge on any atom is 0.248 e. The summed E-state index contributed by atoms with van der Waals surface area (Å²) in [6.07, 6.45) is 10.4. The molecule has 0 bridgehead atoms. The molecule has 0 fully saturated rings. The van der Waals surface area contributed by atoms with Crippen molar-refractivity contribution in [1.82, 2.24) is 4.98 Å². The largest absolute Gasteiger partial charge is 0.322 e. The third kappa shape index (κ3) is 15.2. The number of hydrogen-bond donors (Lipinski definition) is 1.